The molecule has 0 atom stereocenters. The van der Waals surface area contributed by atoms with Crippen LogP contribution in [-0.2, 0) is 10.0 Å². The molecule has 0 saturated carbocycles. The van der Waals surface area contributed by atoms with Gasteiger partial charge in [0.2, 0.25) is 0 Å². The number of nitrogens with one attached hydrogen (secondary N) is 1. The minimum Gasteiger partial charge on any atom is -0.398 e. The number of nitrogens with two attached hydrogens (primary N) is 1. The lowest BCUT2D eigenvalue weighted by Gasteiger charge is -2.15. The number of halogens is 2. The van der Waals surface area contributed by atoms with Gasteiger partial charge in [0.25, 0.3) is 10.0 Å². The van der Waals surface area contributed by atoms with E-state index in [4.69, 9.17) is 5.73 Å². The van der Waals surface area contributed by atoms with Crippen molar-refractivity contribution in [1.29, 1.82) is 0 Å². The van der Waals surface area contributed by atoms with Gasteiger partial charge in [0, 0.05) is 14.6 Å². The van der Waals surface area contributed by atoms with E-state index in [0.29, 0.717) is 25.9 Å². The van der Waals surface area contributed by atoms with Crippen molar-refractivity contribution in [3.63, 3.8) is 0 Å². The average molecular weight is 434 g/mol. The van der Waals surface area contributed by atoms with Gasteiger partial charge < -0.3 is 5.73 Å². The number of hydrogen-bond acceptors (Lipinski definition) is 3. The Labute approximate surface area is 141 Å². The van der Waals surface area contributed by atoms with Gasteiger partial charge in [-0.25, -0.2) is 8.42 Å². The first-order valence-corrected chi connectivity index (χ1v) is 9.13. The van der Waals surface area contributed by atoms with Crippen LogP contribution < -0.4 is 10.5 Å². The minimum absolute atomic E-state index is 0.165. The van der Waals surface area contributed by atoms with Crippen LogP contribution >= 0.6 is 31.9 Å². The molecule has 0 amide bonds. The maximum absolute atomic E-state index is 12.6. The number of aryl methyl sites for hydroxylation is 1. The molecule has 4 nitrogen and oxygen atoms in total. The topological polar surface area (TPSA) is 72.2 Å². The summed E-state index contributed by atoms with van der Waals surface area (Å²) in [7, 11) is -3.71. The van der Waals surface area contributed by atoms with E-state index in [9.17, 15) is 8.42 Å². The van der Waals surface area contributed by atoms with Gasteiger partial charge in [0.1, 0.15) is 4.90 Å². The van der Waals surface area contributed by atoms with Gasteiger partial charge in [-0.15, -0.1) is 0 Å². The summed E-state index contributed by atoms with van der Waals surface area (Å²) in [4.78, 5) is 0.165. The molecule has 0 fully saturated rings. The van der Waals surface area contributed by atoms with Crippen molar-refractivity contribution in [3.05, 3.63) is 50.4 Å². The number of sulfonamides is 1. The summed E-state index contributed by atoms with van der Waals surface area (Å²) in [6.07, 6.45) is 0. The Morgan fingerprint density at radius 3 is 2.43 bits per heavy atom. The van der Waals surface area contributed by atoms with E-state index in [0.717, 1.165) is 5.56 Å². The number of anilines is 2. The number of hydrogen-bond donors (Lipinski definition) is 2. The number of rotatable bonds is 3. The first-order valence-electron chi connectivity index (χ1n) is 6.06. The molecule has 7 heteroatoms. The fourth-order valence-electron chi connectivity index (χ4n) is 1.89. The van der Waals surface area contributed by atoms with Crippen molar-refractivity contribution in [2.45, 2.75) is 18.7 Å². The summed E-state index contributed by atoms with van der Waals surface area (Å²) in [5.74, 6) is 0. The Hall–Kier alpha value is -1.05. The highest BCUT2D eigenvalue weighted by Gasteiger charge is 2.20. The second-order valence-corrected chi connectivity index (χ2v) is 8.07. The third kappa shape index (κ3) is 3.41. The van der Waals surface area contributed by atoms with Crippen LogP contribution in [-0.4, -0.2) is 8.42 Å². The SMILES string of the molecule is Cc1ccc(N)c(C)c1NS(=O)(=O)c1cc(Br)ccc1Br. The van der Waals surface area contributed by atoms with Gasteiger partial charge in [-0.05, 0) is 65.2 Å². The number of benzene rings is 2. The molecule has 0 spiro atoms. The van der Waals surface area contributed by atoms with Crippen molar-refractivity contribution in [2.75, 3.05) is 10.5 Å². The summed E-state index contributed by atoms with van der Waals surface area (Å²) in [5.41, 5.74) is 8.44. The highest BCUT2D eigenvalue weighted by atomic mass is 79.9. The summed E-state index contributed by atoms with van der Waals surface area (Å²) in [6.45, 7) is 3.62. The van der Waals surface area contributed by atoms with Crippen molar-refractivity contribution < 1.29 is 8.42 Å². The van der Waals surface area contributed by atoms with E-state index in [2.05, 4.69) is 36.6 Å². The Bertz CT molecular complexity index is 805. The zero-order valence-electron chi connectivity index (χ0n) is 11.4. The molecule has 2 aromatic rings. The van der Waals surface area contributed by atoms with Crippen LogP contribution in [0.3, 0.4) is 0 Å². The lowest BCUT2D eigenvalue weighted by Crippen LogP contribution is -2.15. The van der Waals surface area contributed by atoms with Crippen LogP contribution in [0.4, 0.5) is 11.4 Å². The molecule has 0 bridgehead atoms. The molecule has 2 aromatic carbocycles. The first-order chi connectivity index (χ1) is 9.72. The molecule has 0 radical (unpaired) electrons. The maximum atomic E-state index is 12.6. The van der Waals surface area contributed by atoms with Crippen LogP contribution in [0, 0.1) is 13.8 Å². The van der Waals surface area contributed by atoms with Crippen molar-refractivity contribution >= 4 is 53.3 Å². The molecule has 0 aromatic heterocycles. The van der Waals surface area contributed by atoms with Crippen molar-refractivity contribution in [3.8, 4) is 0 Å². The lowest BCUT2D eigenvalue weighted by atomic mass is 10.1. The van der Waals surface area contributed by atoms with E-state index in [1.165, 1.54) is 0 Å². The monoisotopic (exact) mass is 432 g/mol. The van der Waals surface area contributed by atoms with E-state index >= 15 is 0 Å². The van der Waals surface area contributed by atoms with Gasteiger partial charge in [-0.2, -0.15) is 0 Å². The molecule has 0 unspecified atom stereocenters. The van der Waals surface area contributed by atoms with Crippen LogP contribution in [0.25, 0.3) is 0 Å². The second kappa shape index (κ2) is 5.98. The molecule has 21 heavy (non-hydrogen) atoms. The van der Waals surface area contributed by atoms with Gasteiger partial charge >= 0.3 is 0 Å². The summed E-state index contributed by atoms with van der Waals surface area (Å²) in [6, 6.07) is 8.54. The molecule has 2 rings (SSSR count). The zero-order valence-corrected chi connectivity index (χ0v) is 15.4. The fourth-order valence-corrected chi connectivity index (χ4v) is 4.59. The van der Waals surface area contributed by atoms with E-state index in [1.807, 2.05) is 6.92 Å². The predicted octanol–water partition coefficient (Wildman–Crippen LogP) is 4.21. The molecule has 0 saturated heterocycles. The van der Waals surface area contributed by atoms with Crippen LogP contribution in [0.15, 0.2) is 44.2 Å². The smallest absolute Gasteiger partial charge is 0.263 e. The standard InChI is InChI=1S/C14H14Br2N2O2S/c1-8-3-6-12(17)9(2)14(8)18-21(19,20)13-7-10(15)4-5-11(13)16/h3-7,18H,17H2,1-2H3. The summed E-state index contributed by atoms with van der Waals surface area (Å²) >= 11 is 6.55. The summed E-state index contributed by atoms with van der Waals surface area (Å²) in [5, 5.41) is 0. The second-order valence-electron chi connectivity index (χ2n) is 4.65. The number of nitrogen functional groups attached to an aromatic ring is 1. The molecule has 0 aliphatic rings. The Balaban J connectivity index is 2.53. The molecule has 112 valence electrons. The molecular formula is C14H14Br2N2O2S. The Morgan fingerprint density at radius 2 is 1.76 bits per heavy atom. The molecule has 0 aliphatic heterocycles. The maximum Gasteiger partial charge on any atom is 0.263 e. The van der Waals surface area contributed by atoms with E-state index in [1.54, 1.807) is 37.3 Å². The van der Waals surface area contributed by atoms with Crippen LogP contribution in [0.2, 0.25) is 0 Å². The third-order valence-corrected chi connectivity index (χ3v) is 5.97. The third-order valence-electron chi connectivity index (χ3n) is 3.13. The highest BCUT2D eigenvalue weighted by molar-refractivity contribution is 9.11. The molecule has 0 aliphatic carbocycles. The quantitative estimate of drug-likeness (QED) is 0.712. The lowest BCUT2D eigenvalue weighted by molar-refractivity contribution is 0.600. The Morgan fingerprint density at radius 1 is 1.10 bits per heavy atom. The zero-order chi connectivity index (χ0) is 15.8. The van der Waals surface area contributed by atoms with Crippen molar-refractivity contribution in [1.82, 2.24) is 0 Å². The van der Waals surface area contributed by atoms with Crippen molar-refractivity contribution in [2.24, 2.45) is 0 Å². The van der Waals surface area contributed by atoms with Crippen LogP contribution in [0.1, 0.15) is 11.1 Å². The molecule has 3 N–H and O–H groups in total. The first kappa shape index (κ1) is 16.3. The normalized spacial score (nSPS) is 11.4. The molecular weight excluding hydrogens is 420 g/mol. The minimum atomic E-state index is -3.71. The van der Waals surface area contributed by atoms with Gasteiger partial charge in [0.05, 0.1) is 5.69 Å². The Kier molecular flexibility index (Phi) is 4.65. The van der Waals surface area contributed by atoms with Crippen LogP contribution in [0.5, 0.6) is 0 Å². The van der Waals surface area contributed by atoms with Gasteiger partial charge in [-0.3, -0.25) is 4.72 Å². The van der Waals surface area contributed by atoms with Gasteiger partial charge in [-0.1, -0.05) is 22.0 Å². The van der Waals surface area contributed by atoms with Gasteiger partial charge in [0.15, 0.2) is 0 Å². The average Bonchev–Trinajstić information content (AvgIpc) is 2.42. The van der Waals surface area contributed by atoms with E-state index in [-0.39, 0.29) is 4.90 Å². The largest absolute Gasteiger partial charge is 0.398 e. The predicted molar refractivity (Wildman–Crippen MR) is 93.0 cm³/mol. The highest BCUT2D eigenvalue weighted by Crippen LogP contribution is 2.31. The summed E-state index contributed by atoms with van der Waals surface area (Å²) < 4.78 is 29.0. The molecule has 0 heterocycles. The fraction of sp³-hybridized carbons (Fsp3) is 0.143. The van der Waals surface area contributed by atoms with E-state index < -0.39 is 10.0 Å².